The fourth-order valence-corrected chi connectivity index (χ4v) is 1.29. The molecule has 16 heavy (non-hydrogen) atoms. The molecule has 1 aromatic carbocycles. The van der Waals surface area contributed by atoms with Gasteiger partial charge >= 0.3 is 0 Å². The van der Waals surface area contributed by atoms with Crippen molar-refractivity contribution in [1.29, 1.82) is 0 Å². The lowest BCUT2D eigenvalue weighted by atomic mass is 10.1. The van der Waals surface area contributed by atoms with E-state index in [1.54, 1.807) is 19.2 Å². The predicted octanol–water partition coefficient (Wildman–Crippen LogP) is 0.252. The van der Waals surface area contributed by atoms with E-state index in [1.807, 2.05) is 13.0 Å². The number of aryl methyl sites for hydroxylation is 1. The van der Waals surface area contributed by atoms with Crippen LogP contribution in [0.5, 0.6) is 0 Å². The highest BCUT2D eigenvalue weighted by molar-refractivity contribution is 6.04. The third kappa shape index (κ3) is 2.80. The Morgan fingerprint density at radius 3 is 2.62 bits per heavy atom. The largest absolute Gasteiger partial charge is 0.355 e. The second kappa shape index (κ2) is 5.27. The van der Waals surface area contributed by atoms with Gasteiger partial charge in [0, 0.05) is 7.05 Å². The summed E-state index contributed by atoms with van der Waals surface area (Å²) in [5, 5.41) is 5.10. The van der Waals surface area contributed by atoms with E-state index in [9.17, 15) is 9.59 Å². The molecule has 1 aromatic rings. The molecule has 0 aliphatic heterocycles. The van der Waals surface area contributed by atoms with Crippen molar-refractivity contribution >= 4 is 17.5 Å². The molecule has 5 heteroatoms. The number of hydrogen-bond acceptors (Lipinski definition) is 3. The third-order valence-corrected chi connectivity index (χ3v) is 2.11. The lowest BCUT2D eigenvalue weighted by Crippen LogP contribution is -2.25. The number of rotatable bonds is 3. The second-order valence-corrected chi connectivity index (χ2v) is 3.38. The van der Waals surface area contributed by atoms with E-state index in [1.165, 1.54) is 0 Å². The Labute approximate surface area is 94.0 Å². The van der Waals surface area contributed by atoms with Gasteiger partial charge in [-0.25, -0.2) is 0 Å². The number of amides is 2. The van der Waals surface area contributed by atoms with Crippen molar-refractivity contribution in [2.24, 2.45) is 5.73 Å². The zero-order chi connectivity index (χ0) is 12.1. The van der Waals surface area contributed by atoms with E-state index < -0.39 is 0 Å². The Morgan fingerprint density at radius 1 is 1.38 bits per heavy atom. The molecule has 0 saturated heterocycles. The van der Waals surface area contributed by atoms with Crippen molar-refractivity contribution in [2.75, 3.05) is 18.9 Å². The van der Waals surface area contributed by atoms with Gasteiger partial charge in [-0.15, -0.1) is 0 Å². The molecule has 0 heterocycles. The third-order valence-electron chi connectivity index (χ3n) is 2.11. The van der Waals surface area contributed by atoms with Crippen molar-refractivity contribution in [3.8, 4) is 0 Å². The molecule has 86 valence electrons. The first-order valence-electron chi connectivity index (χ1n) is 4.91. The van der Waals surface area contributed by atoms with Crippen LogP contribution in [0, 0.1) is 6.92 Å². The lowest BCUT2D eigenvalue weighted by molar-refractivity contribution is -0.114. The van der Waals surface area contributed by atoms with Gasteiger partial charge in [-0.1, -0.05) is 11.6 Å². The van der Waals surface area contributed by atoms with Crippen LogP contribution in [-0.2, 0) is 4.79 Å². The molecule has 0 aromatic heterocycles. The first-order chi connectivity index (χ1) is 7.58. The average Bonchev–Trinajstić information content (AvgIpc) is 2.30. The van der Waals surface area contributed by atoms with Crippen LogP contribution in [0.15, 0.2) is 18.2 Å². The first kappa shape index (κ1) is 12.2. The van der Waals surface area contributed by atoms with E-state index in [0.717, 1.165) is 5.56 Å². The van der Waals surface area contributed by atoms with Gasteiger partial charge in [0.15, 0.2) is 0 Å². The summed E-state index contributed by atoms with van der Waals surface area (Å²) in [5.41, 5.74) is 7.05. The van der Waals surface area contributed by atoms with Gasteiger partial charge in [-0.2, -0.15) is 0 Å². The van der Waals surface area contributed by atoms with Gasteiger partial charge in [0.1, 0.15) is 0 Å². The molecule has 0 spiro atoms. The van der Waals surface area contributed by atoms with Gasteiger partial charge in [0.05, 0.1) is 17.8 Å². The van der Waals surface area contributed by atoms with Gasteiger partial charge in [0.2, 0.25) is 5.91 Å². The Morgan fingerprint density at radius 2 is 2.06 bits per heavy atom. The molecule has 1 rings (SSSR count). The Hall–Kier alpha value is -1.88. The fourth-order valence-electron chi connectivity index (χ4n) is 1.29. The molecule has 0 radical (unpaired) electrons. The average molecular weight is 221 g/mol. The maximum atomic E-state index is 11.6. The topological polar surface area (TPSA) is 84.2 Å². The molecular weight excluding hydrogens is 206 g/mol. The van der Waals surface area contributed by atoms with Crippen molar-refractivity contribution in [3.05, 3.63) is 29.3 Å². The molecule has 2 amide bonds. The van der Waals surface area contributed by atoms with Crippen molar-refractivity contribution in [3.63, 3.8) is 0 Å². The van der Waals surface area contributed by atoms with E-state index >= 15 is 0 Å². The molecule has 4 N–H and O–H groups in total. The molecule has 0 aliphatic carbocycles. The van der Waals surface area contributed by atoms with Crippen molar-refractivity contribution < 1.29 is 9.59 Å². The van der Waals surface area contributed by atoms with Gasteiger partial charge < -0.3 is 16.4 Å². The van der Waals surface area contributed by atoms with E-state index in [0.29, 0.717) is 11.3 Å². The molecular formula is C11H15N3O2. The minimum atomic E-state index is -0.325. The number of nitrogens with one attached hydrogen (secondary N) is 2. The molecule has 0 bridgehead atoms. The Balaban J connectivity index is 3.07. The lowest BCUT2D eigenvalue weighted by Gasteiger charge is -2.10. The van der Waals surface area contributed by atoms with Gasteiger partial charge in [-0.3, -0.25) is 9.59 Å². The van der Waals surface area contributed by atoms with Crippen LogP contribution in [0.25, 0.3) is 0 Å². The first-order valence-corrected chi connectivity index (χ1v) is 4.91. The minimum Gasteiger partial charge on any atom is -0.355 e. The minimum absolute atomic E-state index is 0.110. The van der Waals surface area contributed by atoms with Crippen molar-refractivity contribution in [2.45, 2.75) is 6.92 Å². The summed E-state index contributed by atoms with van der Waals surface area (Å²) < 4.78 is 0. The van der Waals surface area contributed by atoms with E-state index in [-0.39, 0.29) is 18.4 Å². The summed E-state index contributed by atoms with van der Waals surface area (Å²) in [4.78, 5) is 22.7. The van der Waals surface area contributed by atoms with Crippen LogP contribution < -0.4 is 16.4 Å². The highest BCUT2D eigenvalue weighted by atomic mass is 16.2. The fraction of sp³-hybridized carbons (Fsp3) is 0.273. The number of anilines is 1. The van der Waals surface area contributed by atoms with Crippen molar-refractivity contribution in [1.82, 2.24) is 5.32 Å². The maximum absolute atomic E-state index is 11.6. The number of carbonyl (C=O) groups excluding carboxylic acids is 2. The molecule has 0 atom stereocenters. The Bertz CT molecular complexity index is 416. The van der Waals surface area contributed by atoms with Crippen LogP contribution in [0.2, 0.25) is 0 Å². The molecule has 5 nitrogen and oxygen atoms in total. The summed E-state index contributed by atoms with van der Waals surface area (Å²) in [5.74, 6) is -0.565. The molecule has 0 fully saturated rings. The monoisotopic (exact) mass is 221 g/mol. The van der Waals surface area contributed by atoms with E-state index in [2.05, 4.69) is 10.6 Å². The molecule has 0 saturated carbocycles. The molecule has 0 aliphatic rings. The number of benzene rings is 1. The Kier molecular flexibility index (Phi) is 4.02. The van der Waals surface area contributed by atoms with Gasteiger partial charge in [-0.05, 0) is 19.1 Å². The van der Waals surface area contributed by atoms with Crippen LogP contribution >= 0.6 is 0 Å². The quantitative estimate of drug-likeness (QED) is 0.684. The maximum Gasteiger partial charge on any atom is 0.253 e. The zero-order valence-electron chi connectivity index (χ0n) is 9.33. The van der Waals surface area contributed by atoms with Crippen LogP contribution in [-0.4, -0.2) is 25.4 Å². The van der Waals surface area contributed by atoms with Crippen LogP contribution in [0.3, 0.4) is 0 Å². The summed E-state index contributed by atoms with van der Waals surface area (Å²) in [6, 6.07) is 5.22. The van der Waals surface area contributed by atoms with E-state index in [4.69, 9.17) is 5.73 Å². The SMILES string of the molecule is CNC(=O)c1cc(C)ccc1NC(=O)CN. The smallest absolute Gasteiger partial charge is 0.253 e. The number of nitrogens with two attached hydrogens (primary N) is 1. The normalized spacial score (nSPS) is 9.69. The van der Waals surface area contributed by atoms with Gasteiger partial charge in [0.25, 0.3) is 5.91 Å². The number of hydrogen-bond donors (Lipinski definition) is 3. The highest BCUT2D eigenvalue weighted by Gasteiger charge is 2.11. The van der Waals surface area contributed by atoms with Crippen LogP contribution in [0.4, 0.5) is 5.69 Å². The highest BCUT2D eigenvalue weighted by Crippen LogP contribution is 2.17. The van der Waals surface area contributed by atoms with Crippen LogP contribution in [0.1, 0.15) is 15.9 Å². The summed E-state index contributed by atoms with van der Waals surface area (Å²) >= 11 is 0. The predicted molar refractivity (Wildman–Crippen MR) is 62.3 cm³/mol. The summed E-state index contributed by atoms with van der Waals surface area (Å²) in [6.07, 6.45) is 0. The zero-order valence-corrected chi connectivity index (χ0v) is 9.33. The summed E-state index contributed by atoms with van der Waals surface area (Å²) in [6.45, 7) is 1.77. The summed E-state index contributed by atoms with van der Waals surface area (Å²) in [7, 11) is 1.54. The molecule has 0 unspecified atom stereocenters. The second-order valence-electron chi connectivity index (χ2n) is 3.38. The number of carbonyl (C=O) groups is 2. The standard InChI is InChI=1S/C11H15N3O2/c1-7-3-4-9(14-10(15)6-12)8(5-7)11(16)13-2/h3-5H,6,12H2,1-2H3,(H,13,16)(H,14,15).